The second-order valence-corrected chi connectivity index (χ2v) is 26.9. The van der Waals surface area contributed by atoms with E-state index in [0.29, 0.717) is 0 Å². The molecule has 0 atom stereocenters. The van der Waals surface area contributed by atoms with Crippen molar-refractivity contribution < 1.29 is 27.2 Å². The van der Waals surface area contributed by atoms with Crippen LogP contribution in [0.4, 0.5) is 4.39 Å². The zero-order chi connectivity index (χ0) is 40.6. The summed E-state index contributed by atoms with van der Waals surface area (Å²) in [6.07, 6.45) is 0.562. The van der Waals surface area contributed by atoms with Crippen LogP contribution in [0, 0.1) is 23.9 Å². The molecule has 3 heterocycles. The molecule has 0 amide bonds. The average Bonchev–Trinajstić information content (AvgIpc) is 3.80. The number of para-hydroxylation sites is 2. The van der Waals surface area contributed by atoms with Crippen LogP contribution < -0.4 is 4.40 Å². The van der Waals surface area contributed by atoms with E-state index >= 15 is 0 Å². The van der Waals surface area contributed by atoms with Crippen molar-refractivity contribution in [1.29, 1.82) is 0 Å². The third-order valence-corrected chi connectivity index (χ3v) is 15.3. The van der Waals surface area contributed by atoms with Crippen LogP contribution in [-0.2, 0) is 33.0 Å². The molecule has 0 aliphatic heterocycles. The topological polar surface area (TPSA) is 30.7 Å². The largest absolute Gasteiger partial charge is 0 e. The summed E-state index contributed by atoms with van der Waals surface area (Å²) < 4.78 is 36.5. The van der Waals surface area contributed by atoms with E-state index < -0.39 is 19.6 Å². The molecule has 287 valence electrons. The molecular weight excluding hydrogens is 958 g/mol. The van der Waals surface area contributed by atoms with E-state index in [1.54, 1.807) is 11.3 Å². The van der Waals surface area contributed by atoms with Gasteiger partial charge in [0.25, 0.3) is 0 Å². The molecule has 6 aromatic carbocycles. The molecule has 0 spiro atoms. The van der Waals surface area contributed by atoms with Gasteiger partial charge in [-0.1, -0.05) is 83.7 Å². The van der Waals surface area contributed by atoms with E-state index in [2.05, 4.69) is 106 Å². The van der Waals surface area contributed by atoms with E-state index in [9.17, 15) is 4.39 Å². The van der Waals surface area contributed by atoms with Crippen LogP contribution in [0.3, 0.4) is 0 Å². The van der Waals surface area contributed by atoms with Crippen molar-refractivity contribution in [2.45, 2.75) is 44.0 Å². The van der Waals surface area contributed by atoms with Gasteiger partial charge >= 0.3 is 128 Å². The molecule has 3 aromatic heterocycles. The molecule has 9 aromatic rings. The fraction of sp³-hybridized carbons (Fsp3) is 0.160. The van der Waals surface area contributed by atoms with Gasteiger partial charge in [0.2, 0.25) is 0 Å². The summed E-state index contributed by atoms with van der Waals surface area (Å²) in [5, 5.41) is 2.38. The van der Waals surface area contributed by atoms with Gasteiger partial charge in [0.15, 0.2) is 0 Å². The second kappa shape index (κ2) is 17.4. The molecule has 0 N–H and O–H groups in total. The number of imidazole rings is 1. The molecule has 0 saturated carbocycles. The smallest absolute Gasteiger partial charge is 0 e. The SMILES string of the molecule is Fc1ccc(-c2cccc3c2sc2c(-c4nc5ccccc5n4Cc4ccccc4)[c-]ccc23)cc1.[2H]C([2H])(c1cc(-c2[c-]cccc2)nc[c]1[Ge]([CH3])([CH3])[CH3])C(C)C.[Ir]. The third-order valence-electron chi connectivity index (χ3n) is 9.82. The molecule has 3 nitrogen and oxygen atoms in total. The van der Waals surface area contributed by atoms with Crippen molar-refractivity contribution in [2.75, 3.05) is 0 Å². The Morgan fingerprint density at radius 2 is 1.53 bits per heavy atom. The van der Waals surface area contributed by atoms with Crippen LogP contribution in [0.25, 0.3) is 65.0 Å². The molecule has 57 heavy (non-hydrogen) atoms. The van der Waals surface area contributed by atoms with Gasteiger partial charge in [-0.15, -0.1) is 18.2 Å². The minimum absolute atomic E-state index is 0. The maximum absolute atomic E-state index is 13.6. The van der Waals surface area contributed by atoms with E-state index in [0.717, 1.165) is 66.0 Å². The summed E-state index contributed by atoms with van der Waals surface area (Å²) in [5.41, 5.74) is 8.96. The Morgan fingerprint density at radius 3 is 2.26 bits per heavy atom. The first-order valence-corrected chi connectivity index (χ1v) is 27.2. The number of thiophene rings is 1. The molecule has 0 bridgehead atoms. The zero-order valence-electron chi connectivity index (χ0n) is 34.6. The fourth-order valence-corrected chi connectivity index (χ4v) is 11.4. The normalized spacial score (nSPS) is 12.3. The molecule has 7 heteroatoms. The summed E-state index contributed by atoms with van der Waals surface area (Å²) in [4.78, 5) is 9.68. The van der Waals surface area contributed by atoms with Crippen molar-refractivity contribution >= 4 is 60.2 Å². The number of benzene rings is 6. The maximum atomic E-state index is 13.6. The Kier molecular flexibility index (Phi) is 11.6. The number of rotatable bonds is 8. The van der Waals surface area contributed by atoms with Gasteiger partial charge in [0, 0.05) is 31.4 Å². The first-order valence-electron chi connectivity index (χ1n) is 20.0. The number of hydrogen-bond donors (Lipinski definition) is 0. The summed E-state index contributed by atoms with van der Waals surface area (Å²) in [6.45, 7) is 4.61. The Hall–Kier alpha value is -4.72. The monoisotopic (exact) mass is 1010 g/mol. The zero-order valence-corrected chi connectivity index (χ0v) is 37.9. The van der Waals surface area contributed by atoms with E-state index in [-0.39, 0.29) is 31.8 Å². The van der Waals surface area contributed by atoms with Crippen LogP contribution in [0.15, 0.2) is 146 Å². The number of pyridine rings is 1. The van der Waals surface area contributed by atoms with Crippen molar-refractivity contribution in [1.82, 2.24) is 14.5 Å². The predicted octanol–water partition coefficient (Wildman–Crippen LogP) is 13.0. The fourth-order valence-electron chi connectivity index (χ4n) is 7.16. The first-order chi connectivity index (χ1) is 27.9. The number of hydrogen-bond acceptors (Lipinski definition) is 3. The Bertz CT molecular complexity index is 2870. The van der Waals surface area contributed by atoms with Crippen LogP contribution in [-0.4, -0.2) is 27.8 Å². The van der Waals surface area contributed by atoms with Crippen LogP contribution in [0.5, 0.6) is 0 Å². The third kappa shape index (κ3) is 8.75. The van der Waals surface area contributed by atoms with E-state index in [4.69, 9.17) is 7.73 Å². The van der Waals surface area contributed by atoms with E-state index in [1.807, 2.05) is 80.7 Å². The summed E-state index contributed by atoms with van der Waals surface area (Å²) in [6, 6.07) is 52.4. The quantitative estimate of drug-likeness (QED) is 0.112. The molecular formula is C50H44FGeIrN3S-2. The van der Waals surface area contributed by atoms with Gasteiger partial charge in [-0.25, -0.2) is 4.39 Å². The number of aromatic nitrogens is 3. The Morgan fingerprint density at radius 1 is 0.789 bits per heavy atom. The molecule has 1 radical (unpaired) electrons. The molecule has 0 saturated heterocycles. The standard InChI is InChI=1S/C32H20FN2S.C18H24GeN.Ir/c33-23-18-16-22(17-19-23)24-10-6-11-25-26-12-7-13-27(31(26)36-30(24)25)32-34-28-14-4-5-15-29(28)35(32)20-21-8-2-1-3-9-21;1-14(2)11-16-12-18(15-9-7-6-8-10-15)20-13-17(16)19(3,4)5;/h1-12,14-19H,20H2;6-9,12-14H,11H2,1-5H3;/q2*-1;/i;11D2;. The van der Waals surface area contributed by atoms with Gasteiger partial charge in [0.1, 0.15) is 5.82 Å². The molecule has 9 rings (SSSR count). The summed E-state index contributed by atoms with van der Waals surface area (Å²) in [5.74, 6) is 7.46. The van der Waals surface area contributed by atoms with Crippen LogP contribution in [0.1, 0.15) is 27.7 Å². The summed E-state index contributed by atoms with van der Waals surface area (Å²) in [7, 11) is 0. The Balaban J connectivity index is 0.000000199. The molecule has 0 aliphatic rings. The van der Waals surface area contributed by atoms with Gasteiger partial charge in [0.05, 0.1) is 16.9 Å². The van der Waals surface area contributed by atoms with Crippen molar-refractivity contribution in [3.05, 3.63) is 175 Å². The van der Waals surface area contributed by atoms with Gasteiger partial charge in [-0.3, -0.25) is 4.98 Å². The van der Waals surface area contributed by atoms with Crippen LogP contribution >= 0.6 is 11.3 Å². The van der Waals surface area contributed by atoms with Crippen molar-refractivity contribution in [2.24, 2.45) is 5.92 Å². The number of fused-ring (bicyclic) bond motifs is 4. The summed E-state index contributed by atoms with van der Waals surface area (Å²) >= 11 is -0.447. The predicted molar refractivity (Wildman–Crippen MR) is 238 cm³/mol. The van der Waals surface area contributed by atoms with E-state index in [1.165, 1.54) is 33.2 Å². The number of halogens is 1. The minimum Gasteiger partial charge on any atom is 0 e. The van der Waals surface area contributed by atoms with Gasteiger partial charge < -0.3 is 4.57 Å². The Labute approximate surface area is 358 Å². The molecule has 0 aliphatic carbocycles. The molecule has 0 fully saturated rings. The first kappa shape index (κ1) is 37.8. The molecule has 0 unspecified atom stereocenters. The minimum atomic E-state index is -2.20. The van der Waals surface area contributed by atoms with Crippen LogP contribution in [0.2, 0.25) is 17.3 Å². The maximum Gasteiger partial charge on any atom is 0 e. The van der Waals surface area contributed by atoms with Crippen molar-refractivity contribution in [3.8, 4) is 33.8 Å². The number of nitrogens with zero attached hydrogens (tertiary/aromatic N) is 3. The average molecular weight is 1000 g/mol. The second-order valence-electron chi connectivity index (χ2n) is 15.3. The van der Waals surface area contributed by atoms with Crippen molar-refractivity contribution in [3.63, 3.8) is 0 Å². The van der Waals surface area contributed by atoms with Gasteiger partial charge in [-0.2, -0.15) is 11.3 Å². The van der Waals surface area contributed by atoms with Gasteiger partial charge in [-0.05, 0) is 51.0 Å².